The lowest BCUT2D eigenvalue weighted by Gasteiger charge is -2.24. The number of aromatic nitrogens is 4. The Hall–Kier alpha value is -2.31. The molecule has 3 rings (SSSR count). The van der Waals surface area contributed by atoms with E-state index in [4.69, 9.17) is 4.74 Å². The number of rotatable bonds is 8. The fourth-order valence-electron chi connectivity index (χ4n) is 3.04. The fourth-order valence-corrected chi connectivity index (χ4v) is 3.65. The SMILES string of the molecule is CC(C)(O)C#Cc1cc2c(-c3cnn(COCCS(C)(C)C)c3)cn(CCO)c2cn1. The minimum atomic E-state index is -1.09. The molecule has 7 nitrogen and oxygen atoms in total. The van der Waals surface area contributed by atoms with Crippen molar-refractivity contribution in [3.63, 3.8) is 0 Å². The maximum Gasteiger partial charge on any atom is 0.139 e. The summed E-state index contributed by atoms with van der Waals surface area (Å²) in [7, 11) is -0.572. The third kappa shape index (κ3) is 6.58. The van der Waals surface area contributed by atoms with Crippen LogP contribution in [0, 0.1) is 11.8 Å². The molecule has 0 fully saturated rings. The Balaban J connectivity index is 1.88. The van der Waals surface area contributed by atoms with Gasteiger partial charge in [0.2, 0.25) is 0 Å². The van der Waals surface area contributed by atoms with E-state index < -0.39 is 15.6 Å². The Labute approximate surface area is 185 Å². The van der Waals surface area contributed by atoms with Crippen molar-refractivity contribution in [2.24, 2.45) is 0 Å². The highest BCUT2D eigenvalue weighted by Crippen LogP contribution is 2.33. The van der Waals surface area contributed by atoms with Crippen molar-refractivity contribution in [2.45, 2.75) is 32.7 Å². The smallest absolute Gasteiger partial charge is 0.139 e. The molecule has 0 radical (unpaired) electrons. The van der Waals surface area contributed by atoms with Crippen molar-refractivity contribution in [3.05, 3.63) is 36.5 Å². The van der Waals surface area contributed by atoms with E-state index in [2.05, 4.69) is 40.7 Å². The molecule has 0 saturated carbocycles. The van der Waals surface area contributed by atoms with E-state index in [1.54, 1.807) is 24.7 Å². The number of hydrogen-bond acceptors (Lipinski definition) is 5. The predicted molar refractivity (Wildman–Crippen MR) is 127 cm³/mol. The molecule has 3 aromatic heterocycles. The van der Waals surface area contributed by atoms with Crippen LogP contribution in [0.25, 0.3) is 22.0 Å². The molecule has 0 spiro atoms. The Morgan fingerprint density at radius 1 is 1.19 bits per heavy atom. The van der Waals surface area contributed by atoms with Crippen LogP contribution in [0.3, 0.4) is 0 Å². The van der Waals surface area contributed by atoms with Crippen molar-refractivity contribution in [3.8, 4) is 23.0 Å². The summed E-state index contributed by atoms with van der Waals surface area (Å²) in [5.41, 5.74) is 2.35. The molecule has 0 aromatic carbocycles. The second-order valence-electron chi connectivity index (χ2n) is 8.96. The summed E-state index contributed by atoms with van der Waals surface area (Å²) < 4.78 is 9.56. The molecule has 0 amide bonds. The van der Waals surface area contributed by atoms with Crippen molar-refractivity contribution in [1.29, 1.82) is 0 Å². The lowest BCUT2D eigenvalue weighted by atomic mass is 10.1. The first kappa shape index (κ1) is 23.4. The number of aliphatic hydroxyl groups is 2. The van der Waals surface area contributed by atoms with Gasteiger partial charge in [-0.15, -0.1) is 0 Å². The van der Waals surface area contributed by atoms with Gasteiger partial charge in [0.1, 0.15) is 18.0 Å². The van der Waals surface area contributed by atoms with Gasteiger partial charge < -0.3 is 19.5 Å². The van der Waals surface area contributed by atoms with E-state index in [1.807, 2.05) is 29.2 Å². The third-order valence-electron chi connectivity index (χ3n) is 4.61. The lowest BCUT2D eigenvalue weighted by molar-refractivity contribution is 0.0809. The van der Waals surface area contributed by atoms with Crippen LogP contribution in [-0.2, 0) is 18.0 Å². The van der Waals surface area contributed by atoms with Crippen LogP contribution in [0.15, 0.2) is 30.9 Å². The van der Waals surface area contributed by atoms with Crippen molar-refractivity contribution in [1.82, 2.24) is 19.3 Å². The molecule has 0 atom stereocenters. The highest BCUT2D eigenvalue weighted by molar-refractivity contribution is 8.32. The van der Waals surface area contributed by atoms with Crippen molar-refractivity contribution >= 4 is 20.9 Å². The first-order valence-electron chi connectivity index (χ1n) is 10.2. The Bertz CT molecular complexity index is 1090. The molecule has 3 heterocycles. The van der Waals surface area contributed by atoms with Crippen LogP contribution in [0.4, 0.5) is 0 Å². The van der Waals surface area contributed by atoms with Gasteiger partial charge in [0.05, 0.1) is 31.1 Å². The highest BCUT2D eigenvalue weighted by Gasteiger charge is 2.14. The molecule has 2 N–H and O–H groups in total. The van der Waals surface area contributed by atoms with E-state index in [0.29, 0.717) is 19.0 Å². The van der Waals surface area contributed by atoms with Gasteiger partial charge in [-0.2, -0.15) is 5.10 Å². The van der Waals surface area contributed by atoms with Crippen LogP contribution >= 0.6 is 10.0 Å². The Morgan fingerprint density at radius 2 is 1.97 bits per heavy atom. The highest BCUT2D eigenvalue weighted by atomic mass is 32.3. The maximum absolute atomic E-state index is 9.88. The van der Waals surface area contributed by atoms with Gasteiger partial charge in [0.15, 0.2) is 0 Å². The second-order valence-corrected chi connectivity index (χ2v) is 13.5. The van der Waals surface area contributed by atoms with Gasteiger partial charge in [-0.3, -0.25) is 0 Å². The Kier molecular flexibility index (Phi) is 7.12. The van der Waals surface area contributed by atoms with Gasteiger partial charge in [-0.05, 0) is 44.6 Å². The van der Waals surface area contributed by atoms with Crippen LogP contribution in [0.2, 0.25) is 0 Å². The largest absolute Gasteiger partial charge is 0.395 e. The molecule has 0 aliphatic rings. The zero-order chi connectivity index (χ0) is 22.6. The maximum atomic E-state index is 9.88. The van der Waals surface area contributed by atoms with Crippen LogP contribution in [0.5, 0.6) is 0 Å². The molecular formula is C23H32N4O3S. The Morgan fingerprint density at radius 3 is 2.65 bits per heavy atom. The molecule has 0 aliphatic heterocycles. The topological polar surface area (TPSA) is 85.3 Å². The number of fused-ring (bicyclic) bond motifs is 1. The van der Waals surface area contributed by atoms with E-state index in [1.165, 1.54) is 0 Å². The van der Waals surface area contributed by atoms with Crippen LogP contribution in [0.1, 0.15) is 19.5 Å². The van der Waals surface area contributed by atoms with Gasteiger partial charge in [0, 0.05) is 41.2 Å². The summed E-state index contributed by atoms with van der Waals surface area (Å²) in [6.45, 7) is 4.92. The van der Waals surface area contributed by atoms with Gasteiger partial charge in [0.25, 0.3) is 0 Å². The molecule has 0 saturated heterocycles. The first-order chi connectivity index (χ1) is 14.6. The molecule has 0 aliphatic carbocycles. The summed E-state index contributed by atoms with van der Waals surface area (Å²) in [6.07, 6.45) is 14.4. The number of pyridine rings is 1. The molecule has 0 bridgehead atoms. The first-order valence-corrected chi connectivity index (χ1v) is 13.2. The monoisotopic (exact) mass is 444 g/mol. The zero-order valence-electron chi connectivity index (χ0n) is 18.9. The number of nitrogens with zero attached hydrogens (tertiary/aromatic N) is 4. The average Bonchev–Trinajstić information content (AvgIpc) is 3.27. The predicted octanol–water partition coefficient (Wildman–Crippen LogP) is 2.68. The summed E-state index contributed by atoms with van der Waals surface area (Å²) in [6, 6.07) is 1.91. The molecule has 168 valence electrons. The van der Waals surface area contributed by atoms with Gasteiger partial charge in [-0.1, -0.05) is 5.92 Å². The molecule has 31 heavy (non-hydrogen) atoms. The van der Waals surface area contributed by atoms with E-state index in [-0.39, 0.29) is 6.61 Å². The van der Waals surface area contributed by atoms with Crippen LogP contribution in [-0.4, -0.2) is 72.9 Å². The molecule has 3 aromatic rings. The number of ether oxygens (including phenoxy) is 1. The summed E-state index contributed by atoms with van der Waals surface area (Å²) in [5.74, 6) is 6.81. The average molecular weight is 445 g/mol. The normalized spacial score (nSPS) is 12.7. The summed E-state index contributed by atoms with van der Waals surface area (Å²) >= 11 is 0. The minimum absolute atomic E-state index is 0.0341. The van der Waals surface area contributed by atoms with E-state index in [9.17, 15) is 10.2 Å². The third-order valence-corrected chi connectivity index (χ3v) is 6.00. The van der Waals surface area contributed by atoms with E-state index in [0.717, 1.165) is 34.4 Å². The van der Waals surface area contributed by atoms with Gasteiger partial charge in [-0.25, -0.2) is 19.7 Å². The minimum Gasteiger partial charge on any atom is -0.395 e. The fraction of sp³-hybridized carbons (Fsp3) is 0.478. The standard InChI is InChI=1S/C23H32N4O3S/c1-23(2,29)7-6-19-12-20-21(16-26(8-9-28)22(20)14-24-19)18-13-25-27(15-18)17-30-10-11-31(3,4)5/h12-16,28-29H,8-11,17H2,1-5H3. The molecule has 8 heteroatoms. The lowest BCUT2D eigenvalue weighted by Crippen LogP contribution is -2.14. The second kappa shape index (κ2) is 9.45. The van der Waals surface area contributed by atoms with Gasteiger partial charge >= 0.3 is 0 Å². The molecule has 0 unspecified atom stereocenters. The van der Waals surface area contributed by atoms with Crippen molar-refractivity contribution < 1.29 is 14.9 Å². The van der Waals surface area contributed by atoms with E-state index >= 15 is 0 Å². The quantitative estimate of drug-likeness (QED) is 0.412. The summed E-state index contributed by atoms with van der Waals surface area (Å²) in [4.78, 5) is 4.41. The zero-order valence-corrected chi connectivity index (χ0v) is 19.7. The number of hydrogen-bond donors (Lipinski definition) is 2. The van der Waals surface area contributed by atoms with Crippen LogP contribution < -0.4 is 0 Å². The number of aliphatic hydroxyl groups excluding tert-OH is 1. The molecular weight excluding hydrogens is 412 g/mol. The summed E-state index contributed by atoms with van der Waals surface area (Å²) in [5, 5.41) is 24.7. The van der Waals surface area contributed by atoms with Crippen molar-refractivity contribution in [2.75, 3.05) is 37.7 Å².